The van der Waals surface area contributed by atoms with Crippen LogP contribution >= 0.6 is 0 Å². The highest BCUT2D eigenvalue weighted by atomic mass is 32.2. The quantitative estimate of drug-likeness (QED) is 0.0264. The molecule has 0 bridgehead atoms. The number of fused-ring (bicyclic) bond motifs is 3. The highest BCUT2D eigenvalue weighted by molar-refractivity contribution is 7.91. The number of pyridine rings is 2. The molecule has 3 atom stereocenters. The number of ether oxygens (including phenoxy) is 1. The number of hydrogen-bond acceptors (Lipinski definition) is 17. The van der Waals surface area contributed by atoms with Gasteiger partial charge in [-0.15, -0.1) is 0 Å². The summed E-state index contributed by atoms with van der Waals surface area (Å²) in [6, 6.07) is 11.1. The molecule has 98 heavy (non-hydrogen) atoms. The molecule has 5 aliphatic heterocycles. The number of imide groups is 2. The van der Waals surface area contributed by atoms with E-state index in [1.807, 2.05) is 0 Å². The van der Waals surface area contributed by atoms with E-state index in [1.165, 1.54) is 50.7 Å². The van der Waals surface area contributed by atoms with E-state index < -0.39 is 104 Å². The number of piperidine rings is 1. The first kappa shape index (κ1) is 69.2. The third-order valence-electron chi connectivity index (χ3n) is 18.9. The van der Waals surface area contributed by atoms with Crippen LogP contribution in [0.2, 0.25) is 0 Å². The van der Waals surface area contributed by atoms with Crippen LogP contribution in [0.5, 0.6) is 0 Å². The molecule has 2 unspecified atom stereocenters. The summed E-state index contributed by atoms with van der Waals surface area (Å²) in [5, 5.41) is 16.9. The molecule has 6 N–H and O–H groups in total. The minimum Gasteiger partial charge on any atom is -0.444 e. The Morgan fingerprint density at radius 1 is 0.847 bits per heavy atom. The lowest BCUT2D eigenvalue weighted by Crippen LogP contribution is -2.58. The van der Waals surface area contributed by atoms with E-state index in [0.29, 0.717) is 123 Å². The third-order valence-corrected chi connectivity index (χ3v) is 19.7. The number of halogens is 2. The number of amides is 10. The number of sulfone groups is 1. The molecule has 7 aliphatic rings. The number of rotatable bonds is 27. The summed E-state index contributed by atoms with van der Waals surface area (Å²) in [6.07, 6.45) is 12.8. The van der Waals surface area contributed by atoms with Crippen molar-refractivity contribution in [1.29, 1.82) is 0 Å². The zero-order valence-electron chi connectivity index (χ0n) is 54.4. The van der Waals surface area contributed by atoms with E-state index in [2.05, 4.69) is 36.9 Å². The molecule has 10 amide bonds. The van der Waals surface area contributed by atoms with Crippen LogP contribution in [0.3, 0.4) is 0 Å². The number of unbranched alkanes of at least 4 members (excludes halogenated alkanes) is 6. The van der Waals surface area contributed by atoms with Gasteiger partial charge in [-0.1, -0.05) is 43.9 Å². The summed E-state index contributed by atoms with van der Waals surface area (Å²) >= 11 is 0. The van der Waals surface area contributed by atoms with Crippen molar-refractivity contribution < 1.29 is 69.9 Å². The number of carbonyl (C=O) groups excluding carboxylic acids is 10. The number of aromatic nitrogens is 2. The van der Waals surface area contributed by atoms with Crippen LogP contribution in [0.15, 0.2) is 107 Å². The molecule has 0 spiro atoms. The molecule has 11 rings (SSSR count). The summed E-state index contributed by atoms with van der Waals surface area (Å²) in [5.74, 6) is -7.08. The van der Waals surface area contributed by atoms with Crippen molar-refractivity contribution in [2.24, 2.45) is 12.5 Å². The molecule has 1 saturated carbocycles. The standard InChI is InChI=1S/C69H76F2N12O14S/c1-40(76-67(93)69(26-13-27-69)66(92)74-29-9-7-11-32-81-54(85)22-23-55(81)86)61(87)77-43-18-16-41(17-19-43)38-97-68(94)80(50-15-12-14-45-46(50)36-83(64(45)90)52-20-21-53(84)78-62(52)88)31-10-6-4-5-8-28-73-63(89)56-47-37-82(60-49(71)34-42(70)35-75-60)51-24-30-72-59(57(47)51)58-44(25-33-79(2)65(58)91)48(56)39-98(3,95)96/h12,14-19,22-23,25,33-35,37,40,51-52,72H,4-11,13,20-21,24,26-32,36,38-39H2,1-3H3,(H,73,89)(H,74,92)(H,76,93)(H,77,87)(H,78,84,88)/t40-,51?,52?/m0/s1. The van der Waals surface area contributed by atoms with Gasteiger partial charge in [-0.25, -0.2) is 27.0 Å². The van der Waals surface area contributed by atoms with Gasteiger partial charge < -0.3 is 45.7 Å². The average molecular weight is 1370 g/mol. The SMILES string of the molecule is C[C@H](NC(=O)C1(C(=O)NCCCCCN2C(=O)C=CC2=O)CCC1)C(=O)Nc1ccc(COC(=O)N(CCCCCCCNC(=O)C2=C(CS(C)(=O)=O)c3ccn(C)c(=O)c3C3=C4C2=CN(c2ncc(F)cc2F)C4CCN3)c2cccc3c2CN(C2CCC(=O)NC2=O)C3=O)cc1. The summed E-state index contributed by atoms with van der Waals surface area (Å²) in [4.78, 5) is 156. The number of hydrogen-bond donors (Lipinski definition) is 6. The normalized spacial score (nSPS) is 18.6. The molecule has 4 aromatic rings. The van der Waals surface area contributed by atoms with Crippen LogP contribution in [-0.4, -0.2) is 150 Å². The van der Waals surface area contributed by atoms with Gasteiger partial charge in [0.15, 0.2) is 21.5 Å². The molecule has 2 aromatic heterocycles. The number of nitrogens with one attached hydrogen (secondary N) is 6. The highest BCUT2D eigenvalue weighted by Gasteiger charge is 2.51. The van der Waals surface area contributed by atoms with Gasteiger partial charge in [-0.2, -0.15) is 0 Å². The van der Waals surface area contributed by atoms with Gasteiger partial charge in [-0.05, 0) is 112 Å². The van der Waals surface area contributed by atoms with Gasteiger partial charge in [0.1, 0.15) is 29.9 Å². The van der Waals surface area contributed by atoms with Crippen molar-refractivity contribution in [1.82, 2.24) is 45.9 Å². The van der Waals surface area contributed by atoms with E-state index in [9.17, 15) is 65.5 Å². The maximum absolute atomic E-state index is 15.6. The topological polar surface area (TPSA) is 334 Å². The number of aryl methyl sites for hydroxylation is 1. The first-order chi connectivity index (χ1) is 46.9. The first-order valence-corrected chi connectivity index (χ1v) is 34.9. The molecule has 7 heterocycles. The summed E-state index contributed by atoms with van der Waals surface area (Å²) in [7, 11) is -2.32. The second kappa shape index (κ2) is 29.3. The lowest BCUT2D eigenvalue weighted by molar-refractivity contribution is -0.151. The molecular weight excluding hydrogens is 1290 g/mol. The monoisotopic (exact) mass is 1370 g/mol. The smallest absolute Gasteiger partial charge is 0.414 e. The van der Waals surface area contributed by atoms with Crippen LogP contribution in [-0.2, 0) is 73.1 Å². The first-order valence-electron chi connectivity index (χ1n) is 32.9. The predicted molar refractivity (Wildman–Crippen MR) is 354 cm³/mol. The zero-order valence-corrected chi connectivity index (χ0v) is 55.3. The molecule has 1 saturated heterocycles. The average Bonchev–Trinajstić information content (AvgIpc) is 1.53. The van der Waals surface area contributed by atoms with E-state index in [0.717, 1.165) is 17.4 Å². The lowest BCUT2D eigenvalue weighted by Gasteiger charge is -2.39. The Bertz CT molecular complexity index is 4260. The molecular formula is C69H76F2N12O14S. The highest BCUT2D eigenvalue weighted by Crippen LogP contribution is 2.48. The molecule has 2 fully saturated rings. The zero-order chi connectivity index (χ0) is 69.7. The van der Waals surface area contributed by atoms with Gasteiger partial charge in [-0.3, -0.25) is 63.1 Å². The van der Waals surface area contributed by atoms with E-state index in [1.54, 1.807) is 55.6 Å². The summed E-state index contributed by atoms with van der Waals surface area (Å²) in [5.41, 5.74) is 1.79. The Kier molecular flexibility index (Phi) is 20.7. The Labute approximate surface area is 563 Å². The van der Waals surface area contributed by atoms with Gasteiger partial charge in [0, 0.05) is 118 Å². The number of carbonyl (C=O) groups is 10. The van der Waals surface area contributed by atoms with Gasteiger partial charge in [0.05, 0.1) is 40.5 Å². The maximum Gasteiger partial charge on any atom is 0.414 e. The van der Waals surface area contributed by atoms with Crippen molar-refractivity contribution in [2.45, 2.75) is 128 Å². The molecule has 0 radical (unpaired) electrons. The Morgan fingerprint density at radius 3 is 2.27 bits per heavy atom. The molecule has 2 aliphatic carbocycles. The Morgan fingerprint density at radius 2 is 1.56 bits per heavy atom. The number of nitrogens with zero attached hydrogens (tertiary/aromatic N) is 6. The number of benzene rings is 2. The van der Waals surface area contributed by atoms with Crippen LogP contribution < -0.4 is 47.3 Å². The minimum atomic E-state index is -3.87. The molecule has 2 aromatic carbocycles. The fourth-order valence-electron chi connectivity index (χ4n) is 13.5. The second-order valence-corrected chi connectivity index (χ2v) is 27.7. The Balaban J connectivity index is 0.715. The molecule has 29 heteroatoms. The third kappa shape index (κ3) is 14.6. The molecule has 516 valence electrons. The largest absolute Gasteiger partial charge is 0.444 e. The summed E-state index contributed by atoms with van der Waals surface area (Å²) in [6.45, 7) is 2.39. The van der Waals surface area contributed by atoms with E-state index in [4.69, 9.17) is 4.74 Å². The number of anilines is 3. The van der Waals surface area contributed by atoms with Crippen molar-refractivity contribution in [3.63, 3.8) is 0 Å². The van der Waals surface area contributed by atoms with Crippen LogP contribution in [0.25, 0.3) is 11.3 Å². The van der Waals surface area contributed by atoms with Crippen LogP contribution in [0.4, 0.5) is 30.8 Å². The second-order valence-electron chi connectivity index (χ2n) is 25.6. The van der Waals surface area contributed by atoms with Crippen LogP contribution in [0, 0.1) is 17.0 Å². The van der Waals surface area contributed by atoms with Gasteiger partial charge in [0.2, 0.25) is 29.5 Å². The Hall–Kier alpha value is -10.2. The van der Waals surface area contributed by atoms with Crippen molar-refractivity contribution in [2.75, 3.05) is 59.8 Å². The fourth-order valence-corrected chi connectivity index (χ4v) is 14.4. The summed E-state index contributed by atoms with van der Waals surface area (Å²) < 4.78 is 63.6. The van der Waals surface area contributed by atoms with Crippen LogP contribution in [0.1, 0.15) is 129 Å². The fraction of sp³-hybridized carbons (Fsp3) is 0.420. The van der Waals surface area contributed by atoms with Crippen molar-refractivity contribution in [3.05, 3.63) is 152 Å². The molecule has 26 nitrogen and oxygen atoms in total. The van der Waals surface area contributed by atoms with Crippen molar-refractivity contribution in [3.8, 4) is 0 Å². The predicted octanol–water partition coefficient (Wildman–Crippen LogP) is 4.84. The van der Waals surface area contributed by atoms with E-state index >= 15 is 4.39 Å². The minimum absolute atomic E-state index is 0.0251. The maximum atomic E-state index is 15.6. The van der Waals surface area contributed by atoms with Gasteiger partial charge in [0.25, 0.3) is 29.2 Å². The lowest BCUT2D eigenvalue weighted by atomic mass is 9.67. The van der Waals surface area contributed by atoms with Gasteiger partial charge >= 0.3 is 6.09 Å². The van der Waals surface area contributed by atoms with E-state index in [-0.39, 0.29) is 103 Å². The van der Waals surface area contributed by atoms with Crippen molar-refractivity contribution >= 4 is 97.6 Å².